The Kier molecular flexibility index (Phi) is 15.8. The van der Waals surface area contributed by atoms with E-state index in [-0.39, 0.29) is 93.3 Å². The highest BCUT2D eigenvalue weighted by Gasteiger charge is 2.25. The van der Waals surface area contributed by atoms with Crippen molar-refractivity contribution in [2.24, 2.45) is 0 Å². The SMILES string of the molecule is CCOC(=O)Cc1cccc(C(C)c2cnc(-c3cc(Oc4c(F)cc5[nH]ccc5c4F)ccc3F)[nH]2)c1F.CCOC(=O)Cc1cccc(C(C)c2cnc(-c3cc(Oc4c(F)cc5[nH]ccc5c4F)ccc3F)[nH]2)c1F. The van der Waals surface area contributed by atoms with Gasteiger partial charge in [-0.2, -0.15) is 0 Å². The number of hydrogen-bond acceptors (Lipinski definition) is 8. The number of nitrogens with zero attached hydrogens (tertiary/aromatic N) is 2. The molecular weight excluding hydrogens is 1030 g/mol. The van der Waals surface area contributed by atoms with E-state index in [0.717, 1.165) is 24.3 Å². The lowest BCUT2D eigenvalue weighted by Gasteiger charge is -2.14. The van der Waals surface area contributed by atoms with Crippen LogP contribution in [0.2, 0.25) is 0 Å². The van der Waals surface area contributed by atoms with Crippen molar-refractivity contribution < 1.29 is 63.7 Å². The summed E-state index contributed by atoms with van der Waals surface area (Å²) in [5.41, 5.74) is 2.53. The largest absolute Gasteiger partial charge is 0.466 e. The number of aromatic amines is 4. The molecule has 10 rings (SSSR count). The molecule has 0 spiro atoms. The normalized spacial score (nSPS) is 12.1. The van der Waals surface area contributed by atoms with Crippen molar-refractivity contribution in [1.82, 2.24) is 29.9 Å². The Balaban J connectivity index is 0.000000190. The molecule has 0 fully saturated rings. The van der Waals surface area contributed by atoms with Crippen LogP contribution >= 0.6 is 0 Å². The van der Waals surface area contributed by atoms with E-state index in [1.54, 1.807) is 52.0 Å². The van der Waals surface area contributed by atoms with Gasteiger partial charge in [0.15, 0.2) is 34.8 Å². The predicted molar refractivity (Wildman–Crippen MR) is 273 cm³/mol. The average Bonchev–Trinajstić information content (AvgIpc) is 4.32. The number of carbonyl (C=O) groups excluding carboxylic acids is 2. The Morgan fingerprint density at radius 3 is 1.32 bits per heavy atom. The smallest absolute Gasteiger partial charge is 0.310 e. The summed E-state index contributed by atoms with van der Waals surface area (Å²) >= 11 is 0. The second-order valence-electron chi connectivity index (χ2n) is 17.8. The quantitative estimate of drug-likeness (QED) is 0.0550. The number of benzene rings is 6. The number of halogens is 8. The van der Waals surface area contributed by atoms with Gasteiger partial charge >= 0.3 is 11.9 Å². The van der Waals surface area contributed by atoms with Crippen molar-refractivity contribution in [3.8, 4) is 45.8 Å². The Labute approximate surface area is 439 Å². The molecular formula is C58H46F8N6O6. The van der Waals surface area contributed by atoms with Gasteiger partial charge in [0.1, 0.15) is 46.4 Å². The third kappa shape index (κ3) is 11.2. The number of carbonyl (C=O) groups is 2. The number of hydrogen-bond donors (Lipinski definition) is 4. The van der Waals surface area contributed by atoms with E-state index in [9.17, 15) is 35.9 Å². The maximum atomic E-state index is 15.2. The zero-order valence-corrected chi connectivity index (χ0v) is 41.9. The zero-order chi connectivity index (χ0) is 55.4. The summed E-state index contributed by atoms with van der Waals surface area (Å²) in [6.45, 7) is 7.22. The predicted octanol–water partition coefficient (Wildman–Crippen LogP) is 14.3. The molecule has 400 valence electrons. The van der Waals surface area contributed by atoms with Crippen LogP contribution in [-0.4, -0.2) is 55.1 Å². The molecule has 6 aromatic carbocycles. The fourth-order valence-electron chi connectivity index (χ4n) is 8.74. The summed E-state index contributed by atoms with van der Waals surface area (Å²) in [7, 11) is 0. The first-order valence-corrected chi connectivity index (χ1v) is 24.3. The van der Waals surface area contributed by atoms with Gasteiger partial charge in [0.05, 0.1) is 48.2 Å². The molecule has 0 bridgehead atoms. The first-order valence-electron chi connectivity index (χ1n) is 24.3. The molecule has 0 saturated carbocycles. The second-order valence-corrected chi connectivity index (χ2v) is 17.8. The fraction of sp³-hybridized carbons (Fsp3) is 0.172. The minimum atomic E-state index is -0.922. The van der Waals surface area contributed by atoms with Crippen LogP contribution in [0.3, 0.4) is 0 Å². The highest BCUT2D eigenvalue weighted by molar-refractivity contribution is 5.83. The third-order valence-corrected chi connectivity index (χ3v) is 12.8. The van der Waals surface area contributed by atoms with Crippen LogP contribution in [0.15, 0.2) is 122 Å². The molecule has 78 heavy (non-hydrogen) atoms. The first-order chi connectivity index (χ1) is 37.5. The maximum absolute atomic E-state index is 15.2. The Hall–Kier alpha value is -9.20. The summed E-state index contributed by atoms with van der Waals surface area (Å²) in [4.78, 5) is 43.6. The molecule has 12 nitrogen and oxygen atoms in total. The van der Waals surface area contributed by atoms with Crippen LogP contribution in [0.25, 0.3) is 44.6 Å². The Bertz CT molecular complexity index is 3600. The summed E-state index contributed by atoms with van der Waals surface area (Å²) in [5.74, 6) is -9.15. The molecule has 0 aliphatic heterocycles. The molecule has 20 heteroatoms. The number of fused-ring (bicyclic) bond motifs is 2. The molecule has 0 radical (unpaired) electrons. The minimum absolute atomic E-state index is 0.00831. The lowest BCUT2D eigenvalue weighted by molar-refractivity contribution is -0.143. The molecule has 0 aliphatic rings. The van der Waals surface area contributed by atoms with Crippen molar-refractivity contribution in [3.63, 3.8) is 0 Å². The number of aromatic nitrogens is 6. The van der Waals surface area contributed by atoms with E-state index in [4.69, 9.17) is 18.9 Å². The summed E-state index contributed by atoms with van der Waals surface area (Å²) in [5, 5.41) is 0.300. The van der Waals surface area contributed by atoms with Crippen LogP contribution in [0, 0.1) is 46.5 Å². The van der Waals surface area contributed by atoms with Gasteiger partial charge < -0.3 is 38.9 Å². The van der Waals surface area contributed by atoms with Gasteiger partial charge in [-0.15, -0.1) is 0 Å². The van der Waals surface area contributed by atoms with E-state index in [1.165, 1.54) is 73.3 Å². The molecule has 2 unspecified atom stereocenters. The van der Waals surface area contributed by atoms with E-state index in [1.807, 2.05) is 0 Å². The number of imidazole rings is 2. The third-order valence-electron chi connectivity index (χ3n) is 12.8. The number of nitrogens with one attached hydrogen (secondary N) is 4. The lowest BCUT2D eigenvalue weighted by Crippen LogP contribution is -2.10. The van der Waals surface area contributed by atoms with Gasteiger partial charge in [-0.3, -0.25) is 9.59 Å². The Morgan fingerprint density at radius 2 is 0.923 bits per heavy atom. The maximum Gasteiger partial charge on any atom is 0.310 e. The minimum Gasteiger partial charge on any atom is -0.466 e. The molecule has 4 N–H and O–H groups in total. The van der Waals surface area contributed by atoms with Crippen molar-refractivity contribution >= 4 is 33.7 Å². The van der Waals surface area contributed by atoms with Crippen molar-refractivity contribution in [3.05, 3.63) is 202 Å². The van der Waals surface area contributed by atoms with Crippen LogP contribution in [-0.2, 0) is 31.9 Å². The molecule has 4 heterocycles. The second kappa shape index (κ2) is 23.0. The Morgan fingerprint density at radius 1 is 0.513 bits per heavy atom. The van der Waals surface area contributed by atoms with Gasteiger partial charge in [-0.1, -0.05) is 50.2 Å². The summed E-state index contributed by atoms with van der Waals surface area (Å²) in [6.07, 6.45) is 5.44. The van der Waals surface area contributed by atoms with E-state index >= 15 is 8.78 Å². The van der Waals surface area contributed by atoms with Gasteiger partial charge in [-0.05, 0) is 84.6 Å². The molecule has 10 aromatic rings. The number of esters is 2. The van der Waals surface area contributed by atoms with Crippen molar-refractivity contribution in [2.75, 3.05) is 13.2 Å². The van der Waals surface area contributed by atoms with E-state index in [0.29, 0.717) is 22.5 Å². The van der Waals surface area contributed by atoms with Crippen LogP contribution in [0.4, 0.5) is 35.1 Å². The van der Waals surface area contributed by atoms with Gasteiger partial charge in [-0.25, -0.2) is 45.1 Å². The lowest BCUT2D eigenvalue weighted by atomic mass is 9.95. The van der Waals surface area contributed by atoms with Crippen LogP contribution in [0.1, 0.15) is 73.2 Å². The standard InChI is InChI=1S/2C29H23F4N3O3/c2*1-3-38-25(37)11-16-5-4-6-18(26(16)32)15(2)24-14-35-29(36-24)20-12-17(7-8-21(20)30)39-28-22(31)13-23-19(27(28)33)9-10-34-23/h2*4-10,12-15,34H,3,11H2,1-2H3,(H,35,36). The zero-order valence-electron chi connectivity index (χ0n) is 41.9. The molecule has 0 aliphatic carbocycles. The van der Waals surface area contributed by atoms with Gasteiger partial charge in [0.25, 0.3) is 0 Å². The fourth-order valence-corrected chi connectivity index (χ4v) is 8.74. The van der Waals surface area contributed by atoms with Crippen molar-refractivity contribution in [1.29, 1.82) is 0 Å². The molecule has 2 atom stereocenters. The number of ether oxygens (including phenoxy) is 4. The van der Waals surface area contributed by atoms with Gasteiger partial charge in [0.2, 0.25) is 0 Å². The van der Waals surface area contributed by atoms with E-state index < -0.39 is 81.8 Å². The highest BCUT2D eigenvalue weighted by atomic mass is 19.2. The van der Waals surface area contributed by atoms with Gasteiger partial charge in [0, 0.05) is 70.9 Å². The number of H-pyrrole nitrogens is 4. The molecule has 4 aromatic heterocycles. The first kappa shape index (κ1) is 53.6. The summed E-state index contributed by atoms with van der Waals surface area (Å²) in [6, 6.07) is 21.8. The monoisotopic (exact) mass is 1070 g/mol. The van der Waals surface area contributed by atoms with Crippen LogP contribution < -0.4 is 9.47 Å². The van der Waals surface area contributed by atoms with E-state index in [2.05, 4.69) is 29.9 Å². The van der Waals surface area contributed by atoms with Crippen LogP contribution in [0.5, 0.6) is 23.0 Å². The van der Waals surface area contributed by atoms with Crippen molar-refractivity contribution in [2.45, 2.75) is 52.4 Å². The highest BCUT2D eigenvalue weighted by Crippen LogP contribution is 2.38. The number of rotatable bonds is 16. The summed E-state index contributed by atoms with van der Waals surface area (Å²) < 4.78 is 140. The topological polar surface area (TPSA) is 160 Å². The average molecular weight is 1080 g/mol. The molecule has 0 amide bonds. The molecule has 0 saturated heterocycles.